The van der Waals surface area contributed by atoms with Crippen molar-refractivity contribution in [2.24, 2.45) is 0 Å². The van der Waals surface area contributed by atoms with Gasteiger partial charge in [-0.15, -0.1) is 0 Å². The number of imidazole rings is 1. The Labute approximate surface area is 179 Å². The SMILES string of the molecule is COc1cc2oc(=O)cc(C)c2cc1CCC(=O)NCCCc1nc2ccccc2[nH]1. The average Bonchev–Trinajstić information content (AvgIpc) is 3.17. The van der Waals surface area contributed by atoms with Gasteiger partial charge in [-0.25, -0.2) is 9.78 Å². The topological polar surface area (TPSA) is 97.2 Å². The van der Waals surface area contributed by atoms with Gasteiger partial charge in [0.05, 0.1) is 18.1 Å². The quantitative estimate of drug-likeness (QED) is 0.335. The monoisotopic (exact) mass is 419 g/mol. The number of hydrogen-bond donors (Lipinski definition) is 2. The third-order valence-electron chi connectivity index (χ3n) is 5.32. The summed E-state index contributed by atoms with van der Waals surface area (Å²) in [6.07, 6.45) is 2.47. The van der Waals surface area contributed by atoms with Crippen molar-refractivity contribution in [3.05, 3.63) is 69.8 Å². The minimum atomic E-state index is -0.387. The molecular weight excluding hydrogens is 394 g/mol. The van der Waals surface area contributed by atoms with Crippen LogP contribution in [0.4, 0.5) is 0 Å². The number of aryl methyl sites for hydroxylation is 3. The molecule has 0 atom stereocenters. The molecular formula is C24H25N3O4. The van der Waals surface area contributed by atoms with Crippen molar-refractivity contribution in [2.75, 3.05) is 13.7 Å². The molecule has 31 heavy (non-hydrogen) atoms. The predicted molar refractivity (Wildman–Crippen MR) is 120 cm³/mol. The number of para-hydroxylation sites is 2. The van der Waals surface area contributed by atoms with Crippen LogP contribution in [-0.2, 0) is 17.6 Å². The number of aromatic nitrogens is 2. The van der Waals surface area contributed by atoms with Crippen LogP contribution < -0.4 is 15.7 Å². The molecule has 0 aliphatic rings. The summed E-state index contributed by atoms with van der Waals surface area (Å²) in [7, 11) is 1.57. The highest BCUT2D eigenvalue weighted by atomic mass is 16.5. The Balaban J connectivity index is 1.31. The number of hydrogen-bond acceptors (Lipinski definition) is 5. The smallest absolute Gasteiger partial charge is 0.336 e. The number of nitrogens with one attached hydrogen (secondary N) is 2. The molecule has 2 aromatic carbocycles. The second-order valence-corrected chi connectivity index (χ2v) is 7.56. The highest BCUT2D eigenvalue weighted by molar-refractivity contribution is 5.83. The van der Waals surface area contributed by atoms with E-state index >= 15 is 0 Å². The number of fused-ring (bicyclic) bond motifs is 2. The molecule has 4 aromatic rings. The lowest BCUT2D eigenvalue weighted by atomic mass is 10.0. The van der Waals surface area contributed by atoms with Crippen LogP contribution in [0, 0.1) is 6.92 Å². The van der Waals surface area contributed by atoms with Gasteiger partial charge in [0.25, 0.3) is 0 Å². The van der Waals surface area contributed by atoms with Crippen LogP contribution in [0.3, 0.4) is 0 Å². The zero-order chi connectivity index (χ0) is 21.8. The summed E-state index contributed by atoms with van der Waals surface area (Å²) in [6, 6.07) is 13.0. The van der Waals surface area contributed by atoms with E-state index in [0.717, 1.165) is 46.2 Å². The van der Waals surface area contributed by atoms with E-state index in [1.807, 2.05) is 37.3 Å². The first-order valence-electron chi connectivity index (χ1n) is 10.3. The standard InChI is InChI=1S/C24H25N3O4/c1-15-12-24(29)31-21-14-20(30-2)16(13-17(15)21)9-10-23(28)25-11-5-8-22-26-18-6-3-4-7-19(18)27-22/h3-4,6-7,12-14H,5,8-11H2,1-2H3,(H,25,28)(H,26,27). The Bertz CT molecular complexity index is 1260. The van der Waals surface area contributed by atoms with Gasteiger partial charge in [0.1, 0.15) is 17.2 Å². The van der Waals surface area contributed by atoms with E-state index in [-0.39, 0.29) is 11.5 Å². The van der Waals surface area contributed by atoms with Gasteiger partial charge >= 0.3 is 5.63 Å². The zero-order valence-electron chi connectivity index (χ0n) is 17.7. The fourth-order valence-electron chi connectivity index (χ4n) is 3.72. The maximum absolute atomic E-state index is 12.3. The molecule has 0 aliphatic carbocycles. The molecule has 0 spiro atoms. The summed E-state index contributed by atoms with van der Waals surface area (Å²) in [6.45, 7) is 2.46. The van der Waals surface area contributed by atoms with E-state index in [1.165, 1.54) is 6.07 Å². The molecule has 160 valence electrons. The van der Waals surface area contributed by atoms with Crippen LogP contribution in [0.5, 0.6) is 5.75 Å². The van der Waals surface area contributed by atoms with E-state index in [2.05, 4.69) is 15.3 Å². The third-order valence-corrected chi connectivity index (χ3v) is 5.32. The molecule has 1 amide bonds. The number of ether oxygens (including phenoxy) is 1. The molecule has 0 saturated carbocycles. The molecule has 0 aliphatic heterocycles. The van der Waals surface area contributed by atoms with Crippen molar-refractivity contribution in [1.82, 2.24) is 15.3 Å². The summed E-state index contributed by atoms with van der Waals surface area (Å²) in [5.74, 6) is 1.53. The van der Waals surface area contributed by atoms with Crippen LogP contribution in [0.1, 0.15) is 29.8 Å². The normalized spacial score (nSPS) is 11.2. The number of carbonyl (C=O) groups is 1. The van der Waals surface area contributed by atoms with Gasteiger partial charge in [0.2, 0.25) is 5.91 Å². The van der Waals surface area contributed by atoms with Crippen LogP contribution in [-0.4, -0.2) is 29.5 Å². The van der Waals surface area contributed by atoms with Crippen LogP contribution >= 0.6 is 0 Å². The highest BCUT2D eigenvalue weighted by Gasteiger charge is 2.12. The summed E-state index contributed by atoms with van der Waals surface area (Å²) < 4.78 is 10.7. The van der Waals surface area contributed by atoms with Crippen molar-refractivity contribution < 1.29 is 13.9 Å². The Morgan fingerprint density at radius 3 is 2.84 bits per heavy atom. The lowest BCUT2D eigenvalue weighted by Crippen LogP contribution is -2.25. The highest BCUT2D eigenvalue weighted by Crippen LogP contribution is 2.28. The zero-order valence-corrected chi connectivity index (χ0v) is 17.7. The largest absolute Gasteiger partial charge is 0.496 e. The first-order chi connectivity index (χ1) is 15.0. The minimum Gasteiger partial charge on any atom is -0.496 e. The molecule has 0 unspecified atom stereocenters. The van der Waals surface area contributed by atoms with Crippen LogP contribution in [0.15, 0.2) is 51.7 Å². The maximum atomic E-state index is 12.3. The van der Waals surface area contributed by atoms with Gasteiger partial charge in [0, 0.05) is 36.9 Å². The van der Waals surface area contributed by atoms with E-state index in [0.29, 0.717) is 30.7 Å². The number of rotatable bonds is 8. The van der Waals surface area contributed by atoms with Gasteiger partial charge in [-0.2, -0.15) is 0 Å². The van der Waals surface area contributed by atoms with E-state index in [9.17, 15) is 9.59 Å². The van der Waals surface area contributed by atoms with Crippen molar-refractivity contribution in [3.63, 3.8) is 0 Å². The number of amides is 1. The fraction of sp³-hybridized carbons (Fsp3) is 0.292. The van der Waals surface area contributed by atoms with E-state index in [4.69, 9.17) is 9.15 Å². The van der Waals surface area contributed by atoms with Crippen LogP contribution in [0.2, 0.25) is 0 Å². The number of aromatic amines is 1. The van der Waals surface area contributed by atoms with Gasteiger partial charge in [0.15, 0.2) is 0 Å². The molecule has 2 aromatic heterocycles. The molecule has 0 bridgehead atoms. The number of nitrogens with zero attached hydrogens (tertiary/aromatic N) is 1. The number of benzene rings is 2. The molecule has 0 fully saturated rings. The number of H-pyrrole nitrogens is 1. The first-order valence-corrected chi connectivity index (χ1v) is 10.3. The Morgan fingerprint density at radius 2 is 2.03 bits per heavy atom. The summed E-state index contributed by atoms with van der Waals surface area (Å²) in [5, 5.41) is 3.82. The summed E-state index contributed by atoms with van der Waals surface area (Å²) in [4.78, 5) is 31.8. The fourth-order valence-corrected chi connectivity index (χ4v) is 3.72. The second-order valence-electron chi connectivity index (χ2n) is 7.56. The molecule has 2 heterocycles. The lowest BCUT2D eigenvalue weighted by Gasteiger charge is -2.11. The van der Waals surface area contributed by atoms with Gasteiger partial charge in [-0.05, 0) is 49.1 Å². The van der Waals surface area contributed by atoms with Gasteiger partial charge in [-0.1, -0.05) is 12.1 Å². The van der Waals surface area contributed by atoms with Crippen molar-refractivity contribution in [1.29, 1.82) is 0 Å². The average molecular weight is 419 g/mol. The van der Waals surface area contributed by atoms with E-state index in [1.54, 1.807) is 13.2 Å². The van der Waals surface area contributed by atoms with Gasteiger partial charge in [-0.3, -0.25) is 4.79 Å². The summed E-state index contributed by atoms with van der Waals surface area (Å²) in [5.41, 5.74) is 3.83. The third kappa shape index (κ3) is 4.77. The van der Waals surface area contributed by atoms with Gasteiger partial charge < -0.3 is 19.5 Å². The lowest BCUT2D eigenvalue weighted by molar-refractivity contribution is -0.121. The van der Waals surface area contributed by atoms with Crippen molar-refractivity contribution in [3.8, 4) is 5.75 Å². The first kappa shape index (κ1) is 20.7. The Kier molecular flexibility index (Phi) is 6.02. The Morgan fingerprint density at radius 1 is 1.19 bits per heavy atom. The van der Waals surface area contributed by atoms with Crippen LogP contribution in [0.25, 0.3) is 22.0 Å². The maximum Gasteiger partial charge on any atom is 0.336 e. The van der Waals surface area contributed by atoms with E-state index < -0.39 is 0 Å². The molecule has 0 saturated heterocycles. The molecule has 7 nitrogen and oxygen atoms in total. The second kappa shape index (κ2) is 9.04. The summed E-state index contributed by atoms with van der Waals surface area (Å²) >= 11 is 0. The molecule has 0 radical (unpaired) electrons. The number of methoxy groups -OCH3 is 1. The Hall–Kier alpha value is -3.61. The molecule has 4 rings (SSSR count). The van der Waals surface area contributed by atoms with Crippen molar-refractivity contribution in [2.45, 2.75) is 32.6 Å². The predicted octanol–water partition coefficient (Wildman–Crippen LogP) is 3.67. The van der Waals surface area contributed by atoms with Crippen molar-refractivity contribution >= 4 is 27.9 Å². The molecule has 7 heteroatoms. The number of carbonyl (C=O) groups excluding carboxylic acids is 1. The molecule has 2 N–H and O–H groups in total. The minimum absolute atomic E-state index is 0.0110.